The van der Waals surface area contributed by atoms with Gasteiger partial charge in [-0.25, -0.2) is 4.79 Å². The first-order valence-electron chi connectivity index (χ1n) is 7.19. The van der Waals surface area contributed by atoms with Crippen LogP contribution >= 0.6 is 11.6 Å². The summed E-state index contributed by atoms with van der Waals surface area (Å²) in [6.07, 6.45) is 2.33. The number of amides is 1. The van der Waals surface area contributed by atoms with E-state index < -0.39 is 0 Å². The fourth-order valence-corrected chi connectivity index (χ4v) is 2.62. The Morgan fingerprint density at radius 2 is 2.10 bits per heavy atom. The molecular weight excluding hydrogens is 294 g/mol. The van der Waals surface area contributed by atoms with Crippen molar-refractivity contribution in [3.8, 4) is 0 Å². The van der Waals surface area contributed by atoms with Crippen molar-refractivity contribution in [1.29, 1.82) is 0 Å². The molecular formula is C15H18ClNO4. The number of carbonyl (C=O) groups excluding carboxylic acids is 1. The molecule has 1 aromatic carbocycles. The maximum absolute atomic E-state index is 11.9. The fourth-order valence-electron chi connectivity index (χ4n) is 2.50. The van der Waals surface area contributed by atoms with Crippen molar-refractivity contribution < 1.29 is 19.0 Å². The SMILES string of the molecule is O=C1O[C@@H](COC2CCCCO2)CN1c1ccc(Cl)cc1. The quantitative estimate of drug-likeness (QED) is 0.856. The molecule has 0 bridgehead atoms. The summed E-state index contributed by atoms with van der Waals surface area (Å²) in [5, 5.41) is 0.639. The Morgan fingerprint density at radius 3 is 2.81 bits per heavy atom. The number of ether oxygens (including phenoxy) is 3. The van der Waals surface area contributed by atoms with Crippen LogP contribution in [-0.2, 0) is 14.2 Å². The first kappa shape index (κ1) is 14.6. The van der Waals surface area contributed by atoms with E-state index in [9.17, 15) is 4.79 Å². The van der Waals surface area contributed by atoms with Crippen LogP contribution in [0.3, 0.4) is 0 Å². The Kier molecular flexibility index (Phi) is 4.63. The van der Waals surface area contributed by atoms with Crippen LogP contribution in [0.15, 0.2) is 24.3 Å². The van der Waals surface area contributed by atoms with Gasteiger partial charge >= 0.3 is 6.09 Å². The van der Waals surface area contributed by atoms with Crippen LogP contribution in [0.1, 0.15) is 19.3 Å². The molecule has 0 radical (unpaired) electrons. The van der Waals surface area contributed by atoms with Crippen LogP contribution in [-0.4, -0.2) is 38.2 Å². The highest BCUT2D eigenvalue weighted by molar-refractivity contribution is 6.30. The number of halogens is 1. The number of rotatable bonds is 4. The summed E-state index contributed by atoms with van der Waals surface area (Å²) in [5.41, 5.74) is 0.779. The molecule has 2 aliphatic rings. The summed E-state index contributed by atoms with van der Waals surface area (Å²) in [7, 11) is 0. The lowest BCUT2D eigenvalue weighted by atomic mass is 10.2. The van der Waals surface area contributed by atoms with E-state index in [1.165, 1.54) is 0 Å². The van der Waals surface area contributed by atoms with Crippen LogP contribution < -0.4 is 4.90 Å². The molecule has 1 unspecified atom stereocenters. The van der Waals surface area contributed by atoms with Gasteiger partial charge in [-0.05, 0) is 43.5 Å². The summed E-state index contributed by atoms with van der Waals surface area (Å²) in [6, 6.07) is 7.11. The van der Waals surface area contributed by atoms with Gasteiger partial charge in [-0.3, -0.25) is 4.90 Å². The third-order valence-corrected chi connectivity index (χ3v) is 3.87. The molecule has 0 aliphatic carbocycles. The largest absolute Gasteiger partial charge is 0.441 e. The first-order chi connectivity index (χ1) is 10.2. The molecule has 21 heavy (non-hydrogen) atoms. The van der Waals surface area contributed by atoms with Crippen molar-refractivity contribution in [3.05, 3.63) is 29.3 Å². The minimum absolute atomic E-state index is 0.165. The topological polar surface area (TPSA) is 48.0 Å². The molecule has 6 heteroatoms. The minimum Gasteiger partial charge on any atom is -0.441 e. The summed E-state index contributed by atoms with van der Waals surface area (Å²) < 4.78 is 16.5. The van der Waals surface area contributed by atoms with E-state index in [0.29, 0.717) is 18.2 Å². The second-order valence-corrected chi connectivity index (χ2v) is 5.66. The van der Waals surface area contributed by atoms with E-state index >= 15 is 0 Å². The second kappa shape index (κ2) is 6.64. The van der Waals surface area contributed by atoms with Crippen LogP contribution in [0.5, 0.6) is 0 Å². The molecule has 114 valence electrons. The van der Waals surface area contributed by atoms with Crippen molar-refractivity contribution in [1.82, 2.24) is 0 Å². The Hall–Kier alpha value is -1.30. The number of cyclic esters (lactones) is 1. The lowest BCUT2D eigenvalue weighted by molar-refractivity contribution is -0.172. The zero-order chi connectivity index (χ0) is 14.7. The van der Waals surface area contributed by atoms with Crippen LogP contribution in [0.25, 0.3) is 0 Å². The number of anilines is 1. The van der Waals surface area contributed by atoms with Gasteiger partial charge in [0.25, 0.3) is 0 Å². The van der Waals surface area contributed by atoms with E-state index in [-0.39, 0.29) is 18.5 Å². The van der Waals surface area contributed by atoms with Gasteiger partial charge in [0.05, 0.1) is 13.2 Å². The highest BCUT2D eigenvalue weighted by Crippen LogP contribution is 2.24. The molecule has 0 spiro atoms. The third-order valence-electron chi connectivity index (χ3n) is 3.62. The van der Waals surface area contributed by atoms with E-state index in [1.807, 2.05) is 0 Å². The van der Waals surface area contributed by atoms with E-state index in [2.05, 4.69) is 0 Å². The molecule has 1 amide bonds. The zero-order valence-corrected chi connectivity index (χ0v) is 12.4. The summed E-state index contributed by atoms with van der Waals surface area (Å²) in [6.45, 7) is 1.58. The van der Waals surface area contributed by atoms with Crippen molar-refractivity contribution in [2.45, 2.75) is 31.7 Å². The van der Waals surface area contributed by atoms with E-state index in [0.717, 1.165) is 31.6 Å². The molecule has 1 aromatic rings. The first-order valence-corrected chi connectivity index (χ1v) is 7.57. The molecule has 2 atom stereocenters. The van der Waals surface area contributed by atoms with Crippen molar-refractivity contribution in [3.63, 3.8) is 0 Å². The van der Waals surface area contributed by atoms with Crippen LogP contribution in [0, 0.1) is 0 Å². The van der Waals surface area contributed by atoms with Gasteiger partial charge in [-0.1, -0.05) is 11.6 Å². The van der Waals surface area contributed by atoms with Crippen LogP contribution in [0.2, 0.25) is 5.02 Å². The highest BCUT2D eigenvalue weighted by atomic mass is 35.5. The Morgan fingerprint density at radius 1 is 1.29 bits per heavy atom. The number of hydrogen-bond donors (Lipinski definition) is 0. The van der Waals surface area contributed by atoms with E-state index in [4.69, 9.17) is 25.8 Å². The predicted octanol–water partition coefficient (Wildman–Crippen LogP) is 3.21. The zero-order valence-electron chi connectivity index (χ0n) is 11.7. The monoisotopic (exact) mass is 311 g/mol. The minimum atomic E-state index is -0.351. The maximum Gasteiger partial charge on any atom is 0.414 e. The average Bonchev–Trinajstić information content (AvgIpc) is 2.88. The summed E-state index contributed by atoms with van der Waals surface area (Å²) in [5.74, 6) is 0. The molecule has 0 aromatic heterocycles. The van der Waals surface area contributed by atoms with Crippen molar-refractivity contribution in [2.24, 2.45) is 0 Å². The molecule has 0 N–H and O–H groups in total. The maximum atomic E-state index is 11.9. The third kappa shape index (κ3) is 3.67. The predicted molar refractivity (Wildman–Crippen MR) is 78.6 cm³/mol. The highest BCUT2D eigenvalue weighted by Gasteiger charge is 2.33. The Bertz CT molecular complexity index is 487. The molecule has 2 fully saturated rings. The summed E-state index contributed by atoms with van der Waals surface area (Å²) in [4.78, 5) is 13.5. The van der Waals surface area contributed by atoms with Crippen molar-refractivity contribution in [2.75, 3.05) is 24.7 Å². The summed E-state index contributed by atoms with van der Waals surface area (Å²) >= 11 is 5.85. The fraction of sp³-hybridized carbons (Fsp3) is 0.533. The molecule has 2 heterocycles. The molecule has 0 saturated carbocycles. The molecule has 2 saturated heterocycles. The lowest BCUT2D eigenvalue weighted by Gasteiger charge is -2.23. The van der Waals surface area contributed by atoms with Crippen LogP contribution in [0.4, 0.5) is 10.5 Å². The molecule has 3 rings (SSSR count). The van der Waals surface area contributed by atoms with Gasteiger partial charge in [-0.15, -0.1) is 0 Å². The average molecular weight is 312 g/mol. The Balaban J connectivity index is 1.53. The standard InChI is InChI=1S/C15H18ClNO4/c16-11-4-6-12(7-5-11)17-9-13(21-15(17)18)10-20-14-3-1-2-8-19-14/h4-7,13-14H,1-3,8-10H2/t13-,14?/m1/s1. The van der Waals surface area contributed by atoms with Gasteiger partial charge in [0.15, 0.2) is 6.29 Å². The van der Waals surface area contributed by atoms with Gasteiger partial charge in [0, 0.05) is 17.3 Å². The van der Waals surface area contributed by atoms with Gasteiger partial charge in [0.2, 0.25) is 0 Å². The van der Waals surface area contributed by atoms with Gasteiger partial charge in [0.1, 0.15) is 6.10 Å². The molecule has 5 nitrogen and oxygen atoms in total. The number of benzene rings is 1. The van der Waals surface area contributed by atoms with Gasteiger partial charge in [-0.2, -0.15) is 0 Å². The normalized spacial score (nSPS) is 26.0. The Labute approximate surface area is 128 Å². The van der Waals surface area contributed by atoms with E-state index in [1.54, 1.807) is 29.2 Å². The lowest BCUT2D eigenvalue weighted by Crippen LogP contribution is -2.29. The van der Waals surface area contributed by atoms with Crippen molar-refractivity contribution >= 4 is 23.4 Å². The van der Waals surface area contributed by atoms with Gasteiger partial charge < -0.3 is 14.2 Å². The number of hydrogen-bond acceptors (Lipinski definition) is 4. The number of carbonyl (C=O) groups is 1. The number of nitrogens with zero attached hydrogens (tertiary/aromatic N) is 1. The second-order valence-electron chi connectivity index (χ2n) is 5.22. The molecule has 2 aliphatic heterocycles. The smallest absolute Gasteiger partial charge is 0.414 e.